The molecule has 0 saturated carbocycles. The fourth-order valence-electron chi connectivity index (χ4n) is 3.97. The van der Waals surface area contributed by atoms with Crippen LogP contribution in [0.2, 0.25) is 0 Å². The molecule has 2 aromatic rings. The van der Waals surface area contributed by atoms with Gasteiger partial charge < -0.3 is 15.0 Å². The van der Waals surface area contributed by atoms with Crippen LogP contribution >= 0.6 is 11.8 Å². The van der Waals surface area contributed by atoms with E-state index in [9.17, 15) is 9.59 Å². The second kappa shape index (κ2) is 12.5. The number of para-hydroxylation sites is 1. The van der Waals surface area contributed by atoms with E-state index in [2.05, 4.69) is 34.5 Å². The van der Waals surface area contributed by atoms with Crippen molar-refractivity contribution in [3.63, 3.8) is 0 Å². The van der Waals surface area contributed by atoms with Gasteiger partial charge in [-0.05, 0) is 42.5 Å². The first-order chi connectivity index (χ1) is 15.6. The third-order valence-corrected chi connectivity index (χ3v) is 6.36. The number of hydrogen-bond donors (Lipinski definition) is 1. The van der Waals surface area contributed by atoms with Crippen molar-refractivity contribution in [2.75, 3.05) is 45.3 Å². The number of nitrogens with zero attached hydrogens (tertiary/aromatic N) is 2. The van der Waals surface area contributed by atoms with Crippen LogP contribution in [0.4, 0.5) is 0 Å². The molecule has 1 saturated heterocycles. The first kappa shape index (κ1) is 24.1. The number of nitrogens with one attached hydrogen (secondary N) is 1. The number of benzene rings is 2. The van der Waals surface area contributed by atoms with E-state index in [1.807, 2.05) is 23.3 Å². The van der Waals surface area contributed by atoms with Crippen molar-refractivity contribution in [3.8, 4) is 5.75 Å². The monoisotopic (exact) mass is 455 g/mol. The Balaban J connectivity index is 1.64. The molecule has 1 fully saturated rings. The molecule has 1 atom stereocenters. The maximum atomic E-state index is 13.4. The zero-order valence-corrected chi connectivity index (χ0v) is 19.8. The highest BCUT2D eigenvalue weighted by Gasteiger charge is 2.28. The average molecular weight is 456 g/mol. The molecule has 172 valence electrons. The number of carbonyl (C=O) groups excluding carboxylic acids is 2. The predicted molar refractivity (Wildman–Crippen MR) is 130 cm³/mol. The number of carbonyl (C=O) groups is 2. The van der Waals surface area contributed by atoms with Crippen molar-refractivity contribution in [3.05, 3.63) is 65.7 Å². The van der Waals surface area contributed by atoms with Gasteiger partial charge in [0.05, 0.1) is 12.7 Å². The normalized spacial score (nSPS) is 15.6. The smallest absolute Gasteiger partial charge is 0.255 e. The largest absolute Gasteiger partial charge is 0.496 e. The molecule has 0 radical (unpaired) electrons. The number of hydrogen-bond acceptors (Lipinski definition) is 5. The molecular weight excluding hydrogens is 422 g/mol. The molecule has 0 spiro atoms. The second-order valence-corrected chi connectivity index (χ2v) is 8.93. The minimum absolute atomic E-state index is 0.00357. The summed E-state index contributed by atoms with van der Waals surface area (Å²) in [6.45, 7) is 4.07. The van der Waals surface area contributed by atoms with Crippen LogP contribution in [-0.2, 0) is 11.3 Å². The average Bonchev–Trinajstić information content (AvgIpc) is 3.07. The fraction of sp³-hybridized carbons (Fsp3) is 0.440. The summed E-state index contributed by atoms with van der Waals surface area (Å²) in [6, 6.07) is 17.0. The molecule has 0 aromatic heterocycles. The maximum Gasteiger partial charge on any atom is 0.255 e. The van der Waals surface area contributed by atoms with E-state index in [0.29, 0.717) is 30.8 Å². The summed E-state index contributed by atoms with van der Waals surface area (Å²) in [4.78, 5) is 30.6. The summed E-state index contributed by atoms with van der Waals surface area (Å²) in [6.07, 6.45) is 3.54. The topological polar surface area (TPSA) is 61.9 Å². The number of amides is 2. The van der Waals surface area contributed by atoms with Crippen LogP contribution in [0.5, 0.6) is 5.75 Å². The summed E-state index contributed by atoms with van der Waals surface area (Å²) >= 11 is 1.68. The van der Waals surface area contributed by atoms with Crippen LogP contribution in [0, 0.1) is 0 Å². The quantitative estimate of drug-likeness (QED) is 0.629. The summed E-state index contributed by atoms with van der Waals surface area (Å²) in [5, 5.41) is 2.97. The highest BCUT2D eigenvalue weighted by molar-refractivity contribution is 7.98. The van der Waals surface area contributed by atoms with E-state index in [4.69, 9.17) is 4.74 Å². The molecule has 6 nitrogen and oxygen atoms in total. The lowest BCUT2D eigenvalue weighted by atomic mass is 10.1. The van der Waals surface area contributed by atoms with Gasteiger partial charge in [0.1, 0.15) is 11.8 Å². The number of rotatable bonds is 9. The molecule has 1 N–H and O–H groups in total. The van der Waals surface area contributed by atoms with Crippen molar-refractivity contribution in [1.29, 1.82) is 0 Å². The Morgan fingerprint density at radius 3 is 2.53 bits per heavy atom. The number of methoxy groups -OCH3 is 1. The second-order valence-electron chi connectivity index (χ2n) is 7.95. The maximum absolute atomic E-state index is 13.4. The van der Waals surface area contributed by atoms with Gasteiger partial charge in [-0.15, -0.1) is 0 Å². The van der Waals surface area contributed by atoms with Crippen molar-refractivity contribution in [2.24, 2.45) is 0 Å². The van der Waals surface area contributed by atoms with Crippen molar-refractivity contribution >= 4 is 23.6 Å². The minimum Gasteiger partial charge on any atom is -0.496 e. The number of ether oxygens (including phenoxy) is 1. The summed E-state index contributed by atoms with van der Waals surface area (Å²) < 4.78 is 5.32. The van der Waals surface area contributed by atoms with E-state index in [0.717, 1.165) is 31.8 Å². The molecular formula is C25H33N3O3S. The standard InChI is InChI=1S/C25H33N3O3S/c1-31-23-12-7-6-11-21(23)24(29)26-22(13-18-32-2)25(30)28-15-8-14-27(16-17-28)19-20-9-4-3-5-10-20/h3-7,9-12,22H,8,13-19H2,1-2H3,(H,26,29). The Kier molecular flexibility index (Phi) is 9.43. The van der Waals surface area contributed by atoms with Crippen molar-refractivity contribution in [1.82, 2.24) is 15.1 Å². The molecule has 1 aliphatic rings. The van der Waals surface area contributed by atoms with Crippen LogP contribution in [0.3, 0.4) is 0 Å². The van der Waals surface area contributed by atoms with E-state index in [1.165, 1.54) is 5.56 Å². The zero-order chi connectivity index (χ0) is 22.8. The Labute approximate surface area is 195 Å². The Morgan fingerprint density at radius 2 is 1.78 bits per heavy atom. The first-order valence-electron chi connectivity index (χ1n) is 11.1. The molecule has 2 aromatic carbocycles. The molecule has 1 heterocycles. The lowest BCUT2D eigenvalue weighted by Gasteiger charge is -2.27. The number of thioether (sulfide) groups is 1. The van der Waals surface area contributed by atoms with Crippen molar-refractivity contribution in [2.45, 2.75) is 25.4 Å². The lowest BCUT2D eigenvalue weighted by Crippen LogP contribution is -2.49. The van der Waals surface area contributed by atoms with Gasteiger partial charge in [-0.25, -0.2) is 0 Å². The predicted octanol–water partition coefficient (Wildman–Crippen LogP) is 3.28. The summed E-state index contributed by atoms with van der Waals surface area (Å²) in [7, 11) is 1.54. The Hall–Kier alpha value is -2.51. The van der Waals surface area contributed by atoms with Gasteiger partial charge in [-0.2, -0.15) is 11.8 Å². The SMILES string of the molecule is COc1ccccc1C(=O)NC(CCSC)C(=O)N1CCCN(Cc2ccccc2)CC1. The highest BCUT2D eigenvalue weighted by Crippen LogP contribution is 2.18. The lowest BCUT2D eigenvalue weighted by molar-refractivity contribution is -0.133. The van der Waals surface area contributed by atoms with Gasteiger partial charge >= 0.3 is 0 Å². The van der Waals surface area contributed by atoms with Gasteiger partial charge in [0.15, 0.2) is 0 Å². The van der Waals surface area contributed by atoms with Gasteiger partial charge in [0.2, 0.25) is 5.91 Å². The summed E-state index contributed by atoms with van der Waals surface area (Å²) in [5.41, 5.74) is 1.73. The Morgan fingerprint density at radius 1 is 1.03 bits per heavy atom. The van der Waals surface area contributed by atoms with Crippen molar-refractivity contribution < 1.29 is 14.3 Å². The van der Waals surface area contributed by atoms with E-state index < -0.39 is 6.04 Å². The van der Waals surface area contributed by atoms with Crippen LogP contribution in [-0.4, -0.2) is 73.0 Å². The van der Waals surface area contributed by atoms with Crippen LogP contribution in [0.25, 0.3) is 0 Å². The van der Waals surface area contributed by atoms with Crippen LogP contribution < -0.4 is 10.1 Å². The Bertz CT molecular complexity index is 878. The zero-order valence-electron chi connectivity index (χ0n) is 19.0. The molecule has 32 heavy (non-hydrogen) atoms. The molecule has 1 unspecified atom stereocenters. The van der Waals surface area contributed by atoms with Gasteiger partial charge in [0.25, 0.3) is 5.91 Å². The van der Waals surface area contributed by atoms with Gasteiger partial charge in [-0.1, -0.05) is 42.5 Å². The molecule has 0 bridgehead atoms. The third-order valence-electron chi connectivity index (χ3n) is 5.71. The van der Waals surface area contributed by atoms with E-state index in [1.54, 1.807) is 37.1 Å². The van der Waals surface area contributed by atoms with Crippen LogP contribution in [0.1, 0.15) is 28.8 Å². The third kappa shape index (κ3) is 6.74. The molecule has 2 amide bonds. The minimum atomic E-state index is -0.541. The first-order valence-corrected chi connectivity index (χ1v) is 12.5. The molecule has 7 heteroatoms. The van der Waals surface area contributed by atoms with E-state index >= 15 is 0 Å². The van der Waals surface area contributed by atoms with E-state index in [-0.39, 0.29) is 11.8 Å². The summed E-state index contributed by atoms with van der Waals surface area (Å²) in [5.74, 6) is 1.04. The van der Waals surface area contributed by atoms with Gasteiger partial charge in [0, 0.05) is 32.7 Å². The fourth-order valence-corrected chi connectivity index (χ4v) is 4.44. The molecule has 1 aliphatic heterocycles. The molecule has 0 aliphatic carbocycles. The molecule has 3 rings (SSSR count). The van der Waals surface area contributed by atoms with Crippen LogP contribution in [0.15, 0.2) is 54.6 Å². The highest BCUT2D eigenvalue weighted by atomic mass is 32.2. The van der Waals surface area contributed by atoms with Gasteiger partial charge in [-0.3, -0.25) is 14.5 Å².